The smallest absolute Gasteiger partial charge is 0.243 e. The molecule has 5 heteroatoms. The second kappa shape index (κ2) is 8.70. The van der Waals surface area contributed by atoms with Gasteiger partial charge in [0.25, 0.3) is 0 Å². The Balaban J connectivity index is 1.78. The average molecular weight is 312 g/mol. The lowest BCUT2D eigenvalue weighted by atomic mass is 10.0. The van der Waals surface area contributed by atoms with E-state index < -0.39 is 5.91 Å². The summed E-state index contributed by atoms with van der Waals surface area (Å²) in [6, 6.07) is 18.1. The number of nitrogens with one attached hydrogen (secondary N) is 2. The Labute approximate surface area is 135 Å². The first-order chi connectivity index (χ1) is 11.2. The zero-order valence-corrected chi connectivity index (χ0v) is 12.8. The van der Waals surface area contributed by atoms with Crippen molar-refractivity contribution in [2.75, 3.05) is 0 Å². The van der Waals surface area contributed by atoms with E-state index in [1.165, 1.54) is 0 Å². The molecule has 0 bridgehead atoms. The van der Waals surface area contributed by atoms with Crippen LogP contribution in [0.5, 0.6) is 0 Å². The van der Waals surface area contributed by atoms with Gasteiger partial charge in [-0.05, 0) is 23.1 Å². The first-order valence-corrected chi connectivity index (χ1v) is 7.53. The fourth-order valence-electron chi connectivity index (χ4n) is 2.20. The van der Waals surface area contributed by atoms with Crippen LogP contribution in [0.1, 0.15) is 24.8 Å². The molecule has 0 saturated heterocycles. The van der Waals surface area contributed by atoms with E-state index in [-0.39, 0.29) is 18.7 Å². The fourth-order valence-corrected chi connectivity index (χ4v) is 2.20. The summed E-state index contributed by atoms with van der Waals surface area (Å²) in [7, 11) is 0. The van der Waals surface area contributed by atoms with E-state index in [1.54, 1.807) is 5.48 Å². The second-order valence-electron chi connectivity index (χ2n) is 5.23. The molecule has 2 aromatic carbocycles. The Hall–Kier alpha value is -2.66. The lowest BCUT2D eigenvalue weighted by Gasteiger charge is -2.07. The molecule has 0 aliphatic carbocycles. The zero-order chi connectivity index (χ0) is 16.5. The normalized spacial score (nSPS) is 10.1. The Kier molecular flexibility index (Phi) is 6.32. The van der Waals surface area contributed by atoms with Crippen molar-refractivity contribution in [3.05, 3.63) is 60.2 Å². The third kappa shape index (κ3) is 5.56. The first kappa shape index (κ1) is 16.7. The van der Waals surface area contributed by atoms with Crippen molar-refractivity contribution in [1.29, 1.82) is 0 Å². The molecular weight excluding hydrogens is 292 g/mol. The molecule has 0 unspecified atom stereocenters. The summed E-state index contributed by atoms with van der Waals surface area (Å²) in [4.78, 5) is 22.5. The van der Waals surface area contributed by atoms with Gasteiger partial charge in [-0.25, -0.2) is 5.48 Å². The van der Waals surface area contributed by atoms with Crippen molar-refractivity contribution >= 4 is 11.8 Å². The van der Waals surface area contributed by atoms with Gasteiger partial charge in [-0.3, -0.25) is 14.8 Å². The van der Waals surface area contributed by atoms with Gasteiger partial charge < -0.3 is 5.32 Å². The predicted octanol–water partition coefficient (Wildman–Crippen LogP) is 2.65. The molecule has 0 fully saturated rings. The van der Waals surface area contributed by atoms with E-state index in [2.05, 4.69) is 17.4 Å². The maximum Gasteiger partial charge on any atom is 0.243 e. The van der Waals surface area contributed by atoms with Crippen LogP contribution in [0.15, 0.2) is 54.6 Å². The SMILES string of the molecule is O=C(CCCC(=O)NCc1ccc(-c2ccccc2)cc1)NO. The molecule has 0 aliphatic heterocycles. The van der Waals surface area contributed by atoms with Crippen LogP contribution in [-0.4, -0.2) is 17.0 Å². The van der Waals surface area contributed by atoms with Crippen molar-refractivity contribution in [3.63, 3.8) is 0 Å². The number of hydrogen-bond donors (Lipinski definition) is 3. The van der Waals surface area contributed by atoms with Crippen LogP contribution >= 0.6 is 0 Å². The van der Waals surface area contributed by atoms with Gasteiger partial charge in [0.1, 0.15) is 0 Å². The number of carbonyl (C=O) groups excluding carboxylic acids is 2. The number of benzene rings is 2. The first-order valence-electron chi connectivity index (χ1n) is 7.53. The minimum absolute atomic E-state index is 0.108. The van der Waals surface area contributed by atoms with Gasteiger partial charge in [0.2, 0.25) is 11.8 Å². The maximum atomic E-state index is 11.7. The molecule has 0 saturated carbocycles. The van der Waals surface area contributed by atoms with Gasteiger partial charge in [-0.1, -0.05) is 54.6 Å². The van der Waals surface area contributed by atoms with Crippen LogP contribution in [0, 0.1) is 0 Å². The van der Waals surface area contributed by atoms with Crippen LogP contribution in [0.3, 0.4) is 0 Å². The Bertz CT molecular complexity index is 639. The Morgan fingerprint density at radius 1 is 0.826 bits per heavy atom. The summed E-state index contributed by atoms with van der Waals surface area (Å²) in [6.07, 6.45) is 0.802. The number of hydrogen-bond acceptors (Lipinski definition) is 3. The standard InChI is InChI=1S/C18H20N2O3/c21-17(7-4-8-18(22)20-23)19-13-14-9-11-16(12-10-14)15-5-2-1-3-6-15/h1-3,5-6,9-12,23H,4,7-8,13H2,(H,19,21)(H,20,22). The Morgan fingerprint density at radius 3 is 2.09 bits per heavy atom. The van der Waals surface area contributed by atoms with Crippen LogP contribution in [-0.2, 0) is 16.1 Å². The quantitative estimate of drug-likeness (QED) is 0.543. The highest BCUT2D eigenvalue weighted by Crippen LogP contribution is 2.19. The molecule has 2 rings (SSSR count). The van der Waals surface area contributed by atoms with Gasteiger partial charge in [-0.15, -0.1) is 0 Å². The van der Waals surface area contributed by atoms with Crippen LogP contribution < -0.4 is 10.8 Å². The van der Waals surface area contributed by atoms with Crippen molar-refractivity contribution in [2.24, 2.45) is 0 Å². The van der Waals surface area contributed by atoms with E-state index in [0.717, 1.165) is 16.7 Å². The highest BCUT2D eigenvalue weighted by Gasteiger charge is 2.04. The number of rotatable bonds is 7. The summed E-state index contributed by atoms with van der Waals surface area (Å²) in [5, 5.41) is 11.2. The van der Waals surface area contributed by atoms with Gasteiger partial charge >= 0.3 is 0 Å². The molecule has 5 nitrogen and oxygen atoms in total. The van der Waals surface area contributed by atoms with Gasteiger partial charge in [-0.2, -0.15) is 0 Å². The lowest BCUT2D eigenvalue weighted by molar-refractivity contribution is -0.129. The highest BCUT2D eigenvalue weighted by atomic mass is 16.5. The molecule has 23 heavy (non-hydrogen) atoms. The summed E-state index contributed by atoms with van der Waals surface area (Å²) < 4.78 is 0. The molecule has 0 radical (unpaired) electrons. The summed E-state index contributed by atoms with van der Waals surface area (Å²) in [6.45, 7) is 0.458. The molecule has 3 N–H and O–H groups in total. The lowest BCUT2D eigenvalue weighted by Crippen LogP contribution is -2.23. The third-order valence-corrected chi connectivity index (χ3v) is 3.48. The summed E-state index contributed by atoms with van der Waals surface area (Å²) in [5.74, 6) is -0.586. The summed E-state index contributed by atoms with van der Waals surface area (Å²) in [5.41, 5.74) is 4.86. The molecule has 120 valence electrons. The van der Waals surface area contributed by atoms with Crippen LogP contribution in [0.4, 0.5) is 0 Å². The van der Waals surface area contributed by atoms with Gasteiger partial charge in [0.15, 0.2) is 0 Å². The van der Waals surface area contributed by atoms with E-state index >= 15 is 0 Å². The fraction of sp³-hybridized carbons (Fsp3) is 0.222. The molecule has 0 spiro atoms. The number of amides is 2. The number of carbonyl (C=O) groups is 2. The Morgan fingerprint density at radius 2 is 1.43 bits per heavy atom. The van der Waals surface area contributed by atoms with Crippen molar-refractivity contribution in [1.82, 2.24) is 10.8 Å². The van der Waals surface area contributed by atoms with Crippen LogP contribution in [0.25, 0.3) is 11.1 Å². The number of hydroxylamine groups is 1. The minimum Gasteiger partial charge on any atom is -0.352 e. The topological polar surface area (TPSA) is 78.4 Å². The highest BCUT2D eigenvalue weighted by molar-refractivity contribution is 5.78. The second-order valence-corrected chi connectivity index (χ2v) is 5.23. The van der Waals surface area contributed by atoms with Crippen molar-refractivity contribution < 1.29 is 14.8 Å². The molecule has 2 aromatic rings. The molecule has 0 aliphatic rings. The van der Waals surface area contributed by atoms with E-state index in [0.29, 0.717) is 13.0 Å². The largest absolute Gasteiger partial charge is 0.352 e. The molecule has 0 heterocycles. The zero-order valence-electron chi connectivity index (χ0n) is 12.8. The molecule has 2 amide bonds. The van der Waals surface area contributed by atoms with Crippen molar-refractivity contribution in [3.8, 4) is 11.1 Å². The minimum atomic E-state index is -0.477. The van der Waals surface area contributed by atoms with E-state index in [4.69, 9.17) is 5.21 Å². The molecule has 0 atom stereocenters. The van der Waals surface area contributed by atoms with Gasteiger partial charge in [0.05, 0.1) is 0 Å². The van der Waals surface area contributed by atoms with E-state index in [1.807, 2.05) is 42.5 Å². The van der Waals surface area contributed by atoms with Crippen molar-refractivity contribution in [2.45, 2.75) is 25.8 Å². The molecular formula is C18H20N2O3. The predicted molar refractivity (Wildman–Crippen MR) is 87.5 cm³/mol. The van der Waals surface area contributed by atoms with Crippen LogP contribution in [0.2, 0.25) is 0 Å². The average Bonchev–Trinajstić information content (AvgIpc) is 2.61. The maximum absolute atomic E-state index is 11.7. The van der Waals surface area contributed by atoms with E-state index in [9.17, 15) is 9.59 Å². The van der Waals surface area contributed by atoms with Gasteiger partial charge in [0, 0.05) is 19.4 Å². The molecule has 0 aromatic heterocycles. The monoisotopic (exact) mass is 312 g/mol. The third-order valence-electron chi connectivity index (χ3n) is 3.48. The summed E-state index contributed by atoms with van der Waals surface area (Å²) >= 11 is 0.